The van der Waals surface area contributed by atoms with Gasteiger partial charge in [0.25, 0.3) is 0 Å². The van der Waals surface area contributed by atoms with Gasteiger partial charge in [-0.2, -0.15) is 0 Å². The first-order valence-corrected chi connectivity index (χ1v) is 15.0. The zero-order valence-electron chi connectivity index (χ0n) is 24.4. The number of aromatic nitrogens is 3. The molecule has 2 amide bonds. The highest BCUT2D eigenvalue weighted by atomic mass is 31.2. The normalized spacial score (nSPS) is 13.8. The van der Waals surface area contributed by atoms with E-state index in [1.165, 1.54) is 40.9 Å². The lowest BCUT2D eigenvalue weighted by Gasteiger charge is -2.24. The van der Waals surface area contributed by atoms with Crippen molar-refractivity contribution in [2.45, 2.75) is 53.1 Å². The van der Waals surface area contributed by atoms with Crippen LogP contribution in [0.15, 0.2) is 36.5 Å². The van der Waals surface area contributed by atoms with Gasteiger partial charge in [0.05, 0.1) is 25.2 Å². The van der Waals surface area contributed by atoms with Gasteiger partial charge in [0.1, 0.15) is 11.3 Å². The number of pyridine rings is 1. The van der Waals surface area contributed by atoms with E-state index in [2.05, 4.69) is 25.6 Å². The number of amides is 2. The number of esters is 2. The third-order valence-electron chi connectivity index (χ3n) is 5.55. The Hall–Kier alpha value is -4.33. The number of nitrogens with one attached hydrogen (secondary N) is 2. The maximum atomic E-state index is 13.2. The van der Waals surface area contributed by atoms with Crippen LogP contribution in [0.2, 0.25) is 0 Å². The van der Waals surface area contributed by atoms with E-state index in [0.717, 1.165) is 0 Å². The van der Waals surface area contributed by atoms with Crippen molar-refractivity contribution in [3.8, 4) is 22.8 Å². The lowest BCUT2D eigenvalue weighted by molar-refractivity contribution is -0.164. The fourth-order valence-electron chi connectivity index (χ4n) is 3.83. The van der Waals surface area contributed by atoms with Gasteiger partial charge in [-0.15, -0.1) is 0 Å². The molecule has 0 aliphatic rings. The van der Waals surface area contributed by atoms with Gasteiger partial charge in [-0.25, -0.2) is 14.8 Å². The Balaban J connectivity index is 1.55. The fourth-order valence-corrected chi connectivity index (χ4v) is 5.69. The Labute approximate surface area is 247 Å². The van der Waals surface area contributed by atoms with Crippen LogP contribution < -0.4 is 15.4 Å². The summed E-state index contributed by atoms with van der Waals surface area (Å²) in [5.74, 6) is -0.739. The Bertz CT molecular complexity index is 1480. The number of hydrogen-bond donors (Lipinski definition) is 3. The molecule has 3 rings (SSSR count). The summed E-state index contributed by atoms with van der Waals surface area (Å²) >= 11 is 0. The van der Waals surface area contributed by atoms with Gasteiger partial charge >= 0.3 is 25.6 Å². The zero-order valence-corrected chi connectivity index (χ0v) is 25.3. The number of aromatic hydroxyl groups is 1. The average Bonchev–Trinajstić information content (AvgIpc) is 2.91. The highest BCUT2D eigenvalue weighted by Gasteiger charge is 2.31. The lowest BCUT2D eigenvalue weighted by Crippen LogP contribution is -2.30. The molecule has 0 fully saturated rings. The second-order valence-corrected chi connectivity index (χ2v) is 11.3. The van der Waals surface area contributed by atoms with Gasteiger partial charge in [0, 0.05) is 26.0 Å². The number of rotatable bonds is 14. The number of fused-ring (bicyclic) bond motifs is 1. The van der Waals surface area contributed by atoms with Crippen molar-refractivity contribution >= 4 is 42.5 Å². The van der Waals surface area contributed by atoms with Crippen LogP contribution >= 0.6 is 7.60 Å². The summed E-state index contributed by atoms with van der Waals surface area (Å²) in [5.41, 5.74) is 1.96. The molecule has 2 aromatic heterocycles. The minimum Gasteiger partial charge on any atom is -0.504 e. The summed E-state index contributed by atoms with van der Waals surface area (Å²) in [4.78, 5) is 48.1. The minimum atomic E-state index is -3.84. The number of phenolic OH excluding ortho intramolecular Hbond substituents is 1. The molecule has 16 heteroatoms. The van der Waals surface area contributed by atoms with Crippen molar-refractivity contribution in [1.82, 2.24) is 20.3 Å². The number of benzene rings is 1. The zero-order chi connectivity index (χ0) is 31.6. The summed E-state index contributed by atoms with van der Waals surface area (Å²) in [6, 6.07) is 7.50. The van der Waals surface area contributed by atoms with E-state index in [0.29, 0.717) is 35.3 Å². The minimum absolute atomic E-state index is 0.00553. The predicted octanol–water partition coefficient (Wildman–Crippen LogP) is 4.35. The first-order chi connectivity index (χ1) is 20.4. The highest BCUT2D eigenvalue weighted by Crippen LogP contribution is 2.51. The fraction of sp³-hybridized carbons (Fsp3) is 0.407. The molecule has 2 atom stereocenters. The summed E-state index contributed by atoms with van der Waals surface area (Å²) < 4.78 is 38.9. The smallest absolute Gasteiger partial charge is 0.336 e. The van der Waals surface area contributed by atoms with E-state index >= 15 is 0 Å². The van der Waals surface area contributed by atoms with Crippen molar-refractivity contribution in [2.75, 3.05) is 25.1 Å². The van der Waals surface area contributed by atoms with Crippen LogP contribution in [0.25, 0.3) is 22.4 Å². The van der Waals surface area contributed by atoms with E-state index in [9.17, 15) is 24.1 Å². The Morgan fingerprint density at radius 3 is 2.28 bits per heavy atom. The number of hydrogen-bond acceptors (Lipinski definition) is 13. The van der Waals surface area contributed by atoms with E-state index in [-0.39, 0.29) is 30.0 Å². The van der Waals surface area contributed by atoms with E-state index in [1.54, 1.807) is 30.5 Å². The summed E-state index contributed by atoms with van der Waals surface area (Å²) in [6.07, 6.45) is -0.144. The third kappa shape index (κ3) is 10.5. The molecule has 15 nitrogen and oxygen atoms in total. The standard InChI is InChI=1S/C27H34N5O10P/c1-16(33)39-18(3)41-43(37,42-19(4)40-17(2)34)13-7-6-12-28-27(36)32-25-11-9-21-26(31-25)30-22(15-29-21)20-8-10-23(35)24(14-20)38-5/h8-11,14-15,18-19,35H,6-7,12-13H2,1-5H3,(H2,28,30,31,32,36). The SMILES string of the molecule is COc1cc(-c2cnc3ccc(NC(=O)NCCCCP(=O)(OC(C)OC(C)=O)OC(C)OC(C)=O)nc3n2)ccc1O. The first-order valence-electron chi connectivity index (χ1n) is 13.2. The molecule has 3 aromatic rings. The van der Waals surface area contributed by atoms with E-state index in [4.69, 9.17) is 23.3 Å². The number of methoxy groups -OCH3 is 1. The van der Waals surface area contributed by atoms with Gasteiger partial charge in [0.15, 0.2) is 17.1 Å². The number of carbonyl (C=O) groups excluding carboxylic acids is 3. The number of urea groups is 1. The molecule has 2 heterocycles. The van der Waals surface area contributed by atoms with E-state index in [1.807, 2.05) is 0 Å². The van der Waals surface area contributed by atoms with Gasteiger partial charge in [-0.1, -0.05) is 0 Å². The Morgan fingerprint density at radius 1 is 0.977 bits per heavy atom. The molecular formula is C27H34N5O10P. The van der Waals surface area contributed by atoms with Gasteiger partial charge in [-0.05, 0) is 57.0 Å². The monoisotopic (exact) mass is 619 g/mol. The van der Waals surface area contributed by atoms with Crippen molar-refractivity contribution in [3.63, 3.8) is 0 Å². The maximum Gasteiger partial charge on any atom is 0.336 e. The van der Waals surface area contributed by atoms with Gasteiger partial charge in [-0.3, -0.25) is 33.5 Å². The van der Waals surface area contributed by atoms with Crippen molar-refractivity contribution in [1.29, 1.82) is 0 Å². The average molecular weight is 620 g/mol. The maximum absolute atomic E-state index is 13.2. The Kier molecular flexibility index (Phi) is 11.8. The number of carbonyl (C=O) groups is 3. The summed E-state index contributed by atoms with van der Waals surface area (Å²) in [6.45, 7) is 5.34. The first kappa shape index (κ1) is 33.2. The molecule has 3 N–H and O–H groups in total. The van der Waals surface area contributed by atoms with Crippen molar-refractivity contribution in [2.24, 2.45) is 0 Å². The molecule has 1 aromatic carbocycles. The van der Waals surface area contributed by atoms with Crippen LogP contribution in [-0.2, 0) is 32.7 Å². The van der Waals surface area contributed by atoms with Gasteiger partial charge < -0.3 is 24.6 Å². The molecule has 0 saturated heterocycles. The Morgan fingerprint density at radius 2 is 1.65 bits per heavy atom. The van der Waals surface area contributed by atoms with E-state index < -0.39 is 38.1 Å². The van der Waals surface area contributed by atoms with Crippen LogP contribution in [0, 0.1) is 0 Å². The van der Waals surface area contributed by atoms with Crippen molar-refractivity contribution in [3.05, 3.63) is 36.5 Å². The molecular weight excluding hydrogens is 585 g/mol. The largest absolute Gasteiger partial charge is 0.504 e. The highest BCUT2D eigenvalue weighted by molar-refractivity contribution is 7.53. The van der Waals surface area contributed by atoms with Crippen LogP contribution in [-0.4, -0.2) is 70.4 Å². The topological polar surface area (TPSA) is 197 Å². The summed E-state index contributed by atoms with van der Waals surface area (Å²) in [5, 5.41) is 15.2. The second-order valence-electron chi connectivity index (χ2n) is 9.17. The van der Waals surface area contributed by atoms with Crippen molar-refractivity contribution < 1.29 is 47.3 Å². The number of unbranched alkanes of at least 4 members (excludes halogenated alkanes) is 1. The van der Waals surface area contributed by atoms with Crippen LogP contribution in [0.3, 0.4) is 0 Å². The second kappa shape index (κ2) is 15.2. The lowest BCUT2D eigenvalue weighted by atomic mass is 10.1. The molecule has 43 heavy (non-hydrogen) atoms. The quantitative estimate of drug-likeness (QED) is 0.0997. The predicted molar refractivity (Wildman–Crippen MR) is 154 cm³/mol. The van der Waals surface area contributed by atoms with Crippen LogP contribution in [0.1, 0.15) is 40.5 Å². The molecule has 0 aliphatic heterocycles. The molecule has 232 valence electrons. The number of phenols is 1. The van der Waals surface area contributed by atoms with Crippen LogP contribution in [0.5, 0.6) is 11.5 Å². The third-order valence-corrected chi connectivity index (χ3v) is 7.65. The number of ether oxygens (including phenoxy) is 3. The summed E-state index contributed by atoms with van der Waals surface area (Å²) in [7, 11) is -2.40. The molecule has 0 bridgehead atoms. The molecule has 0 aliphatic carbocycles. The number of anilines is 1. The molecule has 0 spiro atoms. The molecule has 2 unspecified atom stereocenters. The molecule has 0 saturated carbocycles. The van der Waals surface area contributed by atoms with Crippen LogP contribution in [0.4, 0.5) is 10.6 Å². The van der Waals surface area contributed by atoms with Gasteiger partial charge in [0.2, 0.25) is 12.6 Å². The number of nitrogens with zero attached hydrogens (tertiary/aromatic N) is 3. The molecule has 0 radical (unpaired) electrons.